The number of anilines is 1. The third kappa shape index (κ3) is 1.54. The maximum absolute atomic E-state index is 11.8. The average molecular weight is 226 g/mol. The van der Waals surface area contributed by atoms with Crippen LogP contribution in [0.1, 0.15) is 18.9 Å². The van der Waals surface area contributed by atoms with Crippen LogP contribution in [0.25, 0.3) is 4.96 Å². The lowest BCUT2D eigenvalue weighted by Crippen LogP contribution is -2.19. The van der Waals surface area contributed by atoms with E-state index >= 15 is 0 Å². The molecular formula is C8H10N4O2S. The first kappa shape index (κ1) is 9.91. The molecule has 7 heteroatoms. The number of nitrogens with zero attached hydrogens (tertiary/aromatic N) is 3. The monoisotopic (exact) mass is 226 g/mol. The summed E-state index contributed by atoms with van der Waals surface area (Å²) in [6, 6.07) is 0. The van der Waals surface area contributed by atoms with E-state index in [4.69, 9.17) is 5.73 Å². The van der Waals surface area contributed by atoms with Gasteiger partial charge >= 0.3 is 0 Å². The van der Waals surface area contributed by atoms with Gasteiger partial charge in [0, 0.05) is 0 Å². The van der Waals surface area contributed by atoms with Crippen LogP contribution < -0.4 is 11.3 Å². The summed E-state index contributed by atoms with van der Waals surface area (Å²) < 4.78 is 1.13. The van der Waals surface area contributed by atoms with Gasteiger partial charge in [-0.05, 0) is 6.42 Å². The molecule has 0 atom stereocenters. The second-order valence-corrected chi connectivity index (χ2v) is 4.09. The summed E-state index contributed by atoms with van der Waals surface area (Å²) in [5.74, 6) is -0.217. The first-order valence-electron chi connectivity index (χ1n) is 4.50. The zero-order chi connectivity index (χ0) is 11.0. The molecule has 0 amide bonds. The standard InChI is InChI=1S/C8H10N4O2S/c1-2-3-4-5(13)10-8-12(6(4)14)11-7(9)15-8/h13H,2-3H2,1H3,(H2,9,11). The van der Waals surface area contributed by atoms with Gasteiger partial charge in [-0.1, -0.05) is 24.7 Å². The Morgan fingerprint density at radius 2 is 2.33 bits per heavy atom. The van der Waals surface area contributed by atoms with Crippen LogP contribution in [0.15, 0.2) is 4.79 Å². The molecule has 2 rings (SSSR count). The van der Waals surface area contributed by atoms with Crippen molar-refractivity contribution < 1.29 is 5.11 Å². The summed E-state index contributed by atoms with van der Waals surface area (Å²) in [7, 11) is 0. The molecule has 0 fully saturated rings. The Morgan fingerprint density at radius 3 is 3.00 bits per heavy atom. The Kier molecular flexibility index (Phi) is 2.31. The van der Waals surface area contributed by atoms with E-state index in [-0.39, 0.29) is 16.6 Å². The van der Waals surface area contributed by atoms with Crippen LogP contribution in [0.4, 0.5) is 5.13 Å². The third-order valence-corrected chi connectivity index (χ3v) is 2.74. The number of hydrogen-bond acceptors (Lipinski definition) is 6. The highest BCUT2D eigenvalue weighted by atomic mass is 32.1. The van der Waals surface area contributed by atoms with Gasteiger partial charge in [-0.25, -0.2) is 0 Å². The molecule has 0 bridgehead atoms. The molecule has 0 aliphatic heterocycles. The van der Waals surface area contributed by atoms with Crippen molar-refractivity contribution in [2.75, 3.05) is 5.73 Å². The van der Waals surface area contributed by atoms with Gasteiger partial charge in [0.1, 0.15) is 0 Å². The predicted octanol–water partition coefficient (Wildman–Crippen LogP) is 0.391. The highest BCUT2D eigenvalue weighted by Gasteiger charge is 2.13. The van der Waals surface area contributed by atoms with Gasteiger partial charge in [0.25, 0.3) is 5.56 Å². The summed E-state index contributed by atoms with van der Waals surface area (Å²) in [6.45, 7) is 1.92. The number of aromatic hydroxyl groups is 1. The molecule has 0 aliphatic carbocycles. The Labute approximate surface area is 89.0 Å². The summed E-state index contributed by atoms with van der Waals surface area (Å²) >= 11 is 1.07. The second-order valence-electron chi connectivity index (χ2n) is 3.10. The number of rotatable bonds is 2. The SMILES string of the molecule is CCCc1c(O)nc2sc(N)nn2c1=O. The van der Waals surface area contributed by atoms with E-state index in [1.54, 1.807) is 0 Å². The molecule has 0 unspecified atom stereocenters. The molecule has 80 valence electrons. The van der Waals surface area contributed by atoms with E-state index in [0.29, 0.717) is 16.9 Å². The molecule has 15 heavy (non-hydrogen) atoms. The maximum atomic E-state index is 11.8. The molecule has 3 N–H and O–H groups in total. The fraction of sp³-hybridized carbons (Fsp3) is 0.375. The van der Waals surface area contributed by atoms with Gasteiger partial charge in [-0.3, -0.25) is 4.79 Å². The van der Waals surface area contributed by atoms with E-state index in [1.807, 2.05) is 6.92 Å². The van der Waals surface area contributed by atoms with Crippen molar-refractivity contribution in [2.24, 2.45) is 0 Å². The van der Waals surface area contributed by atoms with Gasteiger partial charge in [0.05, 0.1) is 5.56 Å². The highest BCUT2D eigenvalue weighted by molar-refractivity contribution is 7.20. The van der Waals surface area contributed by atoms with E-state index < -0.39 is 0 Å². The molecule has 2 heterocycles. The zero-order valence-corrected chi connectivity index (χ0v) is 8.91. The van der Waals surface area contributed by atoms with E-state index in [9.17, 15) is 9.90 Å². The number of nitrogens with two attached hydrogens (primary N) is 1. The van der Waals surface area contributed by atoms with Crippen molar-refractivity contribution in [1.29, 1.82) is 0 Å². The largest absolute Gasteiger partial charge is 0.493 e. The minimum Gasteiger partial charge on any atom is -0.493 e. The molecule has 2 aromatic heterocycles. The van der Waals surface area contributed by atoms with Crippen molar-refractivity contribution in [3.8, 4) is 5.88 Å². The average Bonchev–Trinajstić information content (AvgIpc) is 2.53. The summed E-state index contributed by atoms with van der Waals surface area (Å²) in [5, 5.41) is 13.6. The molecule has 0 saturated heterocycles. The molecule has 2 aromatic rings. The Bertz CT molecular complexity index is 560. The summed E-state index contributed by atoms with van der Waals surface area (Å²) in [5.41, 5.74) is 5.41. The lowest BCUT2D eigenvalue weighted by atomic mass is 10.2. The molecule has 0 aromatic carbocycles. The minimum atomic E-state index is -0.340. The van der Waals surface area contributed by atoms with Crippen LogP contribution in [0, 0.1) is 0 Å². The number of hydrogen-bond donors (Lipinski definition) is 2. The highest BCUT2D eigenvalue weighted by Crippen LogP contribution is 2.18. The maximum Gasteiger partial charge on any atom is 0.282 e. The fourth-order valence-electron chi connectivity index (χ4n) is 1.35. The van der Waals surface area contributed by atoms with Gasteiger partial charge < -0.3 is 10.8 Å². The van der Waals surface area contributed by atoms with Gasteiger partial charge in [-0.15, -0.1) is 5.10 Å². The first-order valence-corrected chi connectivity index (χ1v) is 5.32. The zero-order valence-electron chi connectivity index (χ0n) is 8.10. The van der Waals surface area contributed by atoms with Crippen LogP contribution in [-0.4, -0.2) is 19.7 Å². The van der Waals surface area contributed by atoms with Crippen molar-refractivity contribution in [3.05, 3.63) is 15.9 Å². The topological polar surface area (TPSA) is 93.5 Å². The van der Waals surface area contributed by atoms with Gasteiger partial charge in [0.2, 0.25) is 16.0 Å². The van der Waals surface area contributed by atoms with Crippen LogP contribution in [0.3, 0.4) is 0 Å². The normalized spacial score (nSPS) is 11.0. The number of aromatic nitrogens is 3. The van der Waals surface area contributed by atoms with Crippen molar-refractivity contribution in [2.45, 2.75) is 19.8 Å². The minimum absolute atomic E-state index is 0.217. The summed E-state index contributed by atoms with van der Waals surface area (Å²) in [6.07, 6.45) is 1.24. The lowest BCUT2D eigenvalue weighted by Gasteiger charge is -2.00. The van der Waals surface area contributed by atoms with Crippen LogP contribution in [0.5, 0.6) is 5.88 Å². The van der Waals surface area contributed by atoms with Crippen molar-refractivity contribution in [3.63, 3.8) is 0 Å². The van der Waals surface area contributed by atoms with Crippen LogP contribution in [-0.2, 0) is 6.42 Å². The Hall–Kier alpha value is -1.63. The van der Waals surface area contributed by atoms with Gasteiger partial charge in [0.15, 0.2) is 0 Å². The molecule has 0 saturated carbocycles. The second kappa shape index (κ2) is 3.50. The molecule has 0 radical (unpaired) electrons. The molecule has 6 nitrogen and oxygen atoms in total. The van der Waals surface area contributed by atoms with E-state index in [2.05, 4.69) is 10.1 Å². The summed E-state index contributed by atoms with van der Waals surface area (Å²) in [4.78, 5) is 16.0. The lowest BCUT2D eigenvalue weighted by molar-refractivity contribution is 0.443. The fourth-order valence-corrected chi connectivity index (χ4v) is 2.00. The quantitative estimate of drug-likeness (QED) is 0.772. The molecule has 0 aliphatic rings. The number of fused-ring (bicyclic) bond motifs is 1. The van der Waals surface area contributed by atoms with Crippen molar-refractivity contribution >= 4 is 21.4 Å². The van der Waals surface area contributed by atoms with E-state index in [0.717, 1.165) is 22.3 Å². The van der Waals surface area contributed by atoms with Crippen LogP contribution >= 0.6 is 11.3 Å². The van der Waals surface area contributed by atoms with Crippen molar-refractivity contribution in [1.82, 2.24) is 14.6 Å². The Balaban J connectivity index is 2.77. The van der Waals surface area contributed by atoms with E-state index in [1.165, 1.54) is 0 Å². The smallest absolute Gasteiger partial charge is 0.282 e. The predicted molar refractivity (Wildman–Crippen MR) is 57.2 cm³/mol. The molecular weight excluding hydrogens is 216 g/mol. The third-order valence-electron chi connectivity index (χ3n) is 2.00. The molecule has 0 spiro atoms. The first-order chi connectivity index (χ1) is 7.13. The number of nitrogen functional groups attached to an aromatic ring is 1. The Morgan fingerprint density at radius 1 is 1.60 bits per heavy atom. The van der Waals surface area contributed by atoms with Crippen LogP contribution in [0.2, 0.25) is 0 Å². The van der Waals surface area contributed by atoms with Gasteiger partial charge in [-0.2, -0.15) is 9.50 Å².